The number of carbonyl (C=O) groups excluding carboxylic acids is 3. The van der Waals surface area contributed by atoms with Crippen LogP contribution in [0.3, 0.4) is 0 Å². The van der Waals surface area contributed by atoms with Crippen LogP contribution in [0.15, 0.2) is 54.6 Å². The minimum atomic E-state index is -0.509. The van der Waals surface area contributed by atoms with Crippen molar-refractivity contribution in [3.05, 3.63) is 65.7 Å². The van der Waals surface area contributed by atoms with Gasteiger partial charge in [0.2, 0.25) is 0 Å². The molecule has 0 heterocycles. The molecule has 0 aliphatic heterocycles. The third-order valence-corrected chi connectivity index (χ3v) is 3.52. The molecule has 0 saturated carbocycles. The Balaban J connectivity index is 1.71. The predicted molar refractivity (Wildman–Crippen MR) is 106 cm³/mol. The van der Waals surface area contributed by atoms with E-state index in [4.69, 9.17) is 21.7 Å². The molecule has 2 aromatic carbocycles. The molecule has 9 heteroatoms. The van der Waals surface area contributed by atoms with Crippen LogP contribution in [0.25, 0.3) is 0 Å². The van der Waals surface area contributed by atoms with E-state index in [1.54, 1.807) is 49.4 Å². The summed E-state index contributed by atoms with van der Waals surface area (Å²) >= 11 is 4.94. The number of nitrogens with one attached hydrogen (secondary N) is 3. The lowest BCUT2D eigenvalue weighted by atomic mass is 10.2. The van der Waals surface area contributed by atoms with Gasteiger partial charge in [0.1, 0.15) is 5.75 Å². The molecule has 0 bridgehead atoms. The Morgan fingerprint density at radius 1 is 0.929 bits per heavy atom. The van der Waals surface area contributed by atoms with Crippen LogP contribution in [0.2, 0.25) is 0 Å². The summed E-state index contributed by atoms with van der Waals surface area (Å²) in [5, 5.41) is 2.38. The van der Waals surface area contributed by atoms with Crippen LogP contribution >= 0.6 is 12.2 Å². The van der Waals surface area contributed by atoms with Gasteiger partial charge in [0.05, 0.1) is 12.2 Å². The maximum atomic E-state index is 11.9. The van der Waals surface area contributed by atoms with Crippen molar-refractivity contribution >= 4 is 35.1 Å². The standard InChI is InChI=1S/C19H19N3O5S/c1-2-26-18(25)14-8-10-15(11-9-14)27-12-16(23)21-22-19(28)20-17(24)13-6-4-3-5-7-13/h3-11H,2,12H2,1H3,(H,21,23)(H2,20,22,24,28). The van der Waals surface area contributed by atoms with E-state index >= 15 is 0 Å². The Bertz CT molecular complexity index is 840. The lowest BCUT2D eigenvalue weighted by molar-refractivity contribution is -0.123. The molecule has 0 aliphatic carbocycles. The zero-order chi connectivity index (χ0) is 20.4. The number of rotatable bonds is 6. The summed E-state index contributed by atoms with van der Waals surface area (Å²) in [6, 6.07) is 14.7. The van der Waals surface area contributed by atoms with Crippen molar-refractivity contribution in [3.8, 4) is 5.75 Å². The van der Waals surface area contributed by atoms with E-state index in [0.717, 1.165) is 0 Å². The monoisotopic (exact) mass is 401 g/mol. The predicted octanol–water partition coefficient (Wildman–Crippen LogP) is 1.58. The summed E-state index contributed by atoms with van der Waals surface area (Å²) in [6.07, 6.45) is 0. The van der Waals surface area contributed by atoms with E-state index in [1.165, 1.54) is 12.1 Å². The third kappa shape index (κ3) is 6.69. The van der Waals surface area contributed by atoms with E-state index in [2.05, 4.69) is 16.2 Å². The fourth-order valence-electron chi connectivity index (χ4n) is 2.01. The second-order valence-electron chi connectivity index (χ2n) is 5.36. The lowest BCUT2D eigenvalue weighted by Gasteiger charge is -2.11. The molecule has 0 spiro atoms. The highest BCUT2D eigenvalue weighted by Gasteiger charge is 2.09. The van der Waals surface area contributed by atoms with Crippen molar-refractivity contribution in [1.82, 2.24) is 16.2 Å². The SMILES string of the molecule is CCOC(=O)c1ccc(OCC(=O)NNC(=S)NC(=O)c2ccccc2)cc1. The number of ether oxygens (including phenoxy) is 2. The van der Waals surface area contributed by atoms with Crippen LogP contribution in [0.4, 0.5) is 0 Å². The van der Waals surface area contributed by atoms with Gasteiger partial charge >= 0.3 is 5.97 Å². The van der Waals surface area contributed by atoms with Crippen molar-refractivity contribution in [2.45, 2.75) is 6.92 Å². The van der Waals surface area contributed by atoms with Crippen LogP contribution in [0.1, 0.15) is 27.6 Å². The molecule has 0 saturated heterocycles. The molecule has 0 aliphatic rings. The number of benzene rings is 2. The minimum Gasteiger partial charge on any atom is -0.484 e. The highest BCUT2D eigenvalue weighted by Crippen LogP contribution is 2.12. The van der Waals surface area contributed by atoms with Crippen LogP contribution in [-0.4, -0.2) is 36.1 Å². The van der Waals surface area contributed by atoms with E-state index in [0.29, 0.717) is 16.9 Å². The number of hydrogen-bond donors (Lipinski definition) is 3. The van der Waals surface area contributed by atoms with Gasteiger partial charge in [-0.2, -0.15) is 0 Å². The van der Waals surface area contributed by atoms with Crippen molar-refractivity contribution in [2.24, 2.45) is 0 Å². The van der Waals surface area contributed by atoms with Crippen molar-refractivity contribution in [3.63, 3.8) is 0 Å². The summed E-state index contributed by atoms with van der Waals surface area (Å²) < 4.78 is 10.2. The molecule has 8 nitrogen and oxygen atoms in total. The summed E-state index contributed by atoms with van der Waals surface area (Å²) in [6.45, 7) is 1.72. The number of carbonyl (C=O) groups is 3. The molecule has 0 unspecified atom stereocenters. The van der Waals surface area contributed by atoms with E-state index in [1.807, 2.05) is 0 Å². The maximum absolute atomic E-state index is 11.9. The first kappa shape index (κ1) is 20.8. The number of amides is 2. The molecule has 0 aromatic heterocycles. The van der Waals surface area contributed by atoms with Gasteiger partial charge in [-0.1, -0.05) is 18.2 Å². The average molecular weight is 401 g/mol. The summed E-state index contributed by atoms with van der Waals surface area (Å²) in [7, 11) is 0. The molecule has 146 valence electrons. The first-order valence-corrected chi connectivity index (χ1v) is 8.75. The van der Waals surface area contributed by atoms with Crippen molar-refractivity contribution < 1.29 is 23.9 Å². The van der Waals surface area contributed by atoms with Gasteiger partial charge in [-0.05, 0) is 55.5 Å². The highest BCUT2D eigenvalue weighted by molar-refractivity contribution is 7.80. The molecule has 3 N–H and O–H groups in total. The normalized spacial score (nSPS) is 9.75. The molecule has 0 fully saturated rings. The highest BCUT2D eigenvalue weighted by atomic mass is 32.1. The quantitative estimate of drug-likeness (QED) is 0.383. The molecular formula is C19H19N3O5S. The topological polar surface area (TPSA) is 106 Å². The maximum Gasteiger partial charge on any atom is 0.338 e. The van der Waals surface area contributed by atoms with E-state index < -0.39 is 17.8 Å². The van der Waals surface area contributed by atoms with Gasteiger partial charge < -0.3 is 9.47 Å². The summed E-state index contributed by atoms with van der Waals surface area (Å²) in [5.74, 6) is -0.929. The molecule has 0 atom stereocenters. The largest absolute Gasteiger partial charge is 0.484 e. The van der Waals surface area contributed by atoms with Crippen molar-refractivity contribution in [2.75, 3.05) is 13.2 Å². The van der Waals surface area contributed by atoms with Gasteiger partial charge in [-0.15, -0.1) is 0 Å². The first-order valence-electron chi connectivity index (χ1n) is 8.34. The van der Waals surface area contributed by atoms with E-state index in [9.17, 15) is 14.4 Å². The molecule has 2 aromatic rings. The van der Waals surface area contributed by atoms with E-state index in [-0.39, 0.29) is 18.3 Å². The fourth-order valence-corrected chi connectivity index (χ4v) is 2.15. The van der Waals surface area contributed by atoms with Crippen LogP contribution in [0, 0.1) is 0 Å². The van der Waals surface area contributed by atoms with Gasteiger partial charge in [0.15, 0.2) is 11.7 Å². The number of hydrogen-bond acceptors (Lipinski definition) is 6. The molecule has 0 radical (unpaired) electrons. The molecule has 2 amide bonds. The number of hydrazine groups is 1. The second-order valence-corrected chi connectivity index (χ2v) is 5.76. The van der Waals surface area contributed by atoms with Gasteiger partial charge in [-0.25, -0.2) is 4.79 Å². The minimum absolute atomic E-state index is 0.0546. The second kappa shape index (κ2) is 10.6. The van der Waals surface area contributed by atoms with Crippen molar-refractivity contribution in [1.29, 1.82) is 0 Å². The van der Waals surface area contributed by atoms with Gasteiger partial charge in [0.25, 0.3) is 11.8 Å². The Labute approximate surface area is 167 Å². The van der Waals surface area contributed by atoms with Crippen LogP contribution in [0.5, 0.6) is 5.75 Å². The zero-order valence-electron chi connectivity index (χ0n) is 15.1. The fraction of sp³-hybridized carbons (Fsp3) is 0.158. The Kier molecular flexibility index (Phi) is 7.92. The Morgan fingerprint density at radius 3 is 2.25 bits per heavy atom. The molecule has 28 heavy (non-hydrogen) atoms. The summed E-state index contributed by atoms with van der Waals surface area (Å²) in [4.78, 5) is 35.3. The Hall–Kier alpha value is -3.46. The molecule has 2 rings (SSSR count). The number of thiocarbonyl (C=S) groups is 1. The van der Waals surface area contributed by atoms with Gasteiger partial charge in [0, 0.05) is 5.56 Å². The average Bonchev–Trinajstić information content (AvgIpc) is 2.72. The zero-order valence-corrected chi connectivity index (χ0v) is 15.9. The smallest absolute Gasteiger partial charge is 0.338 e. The number of esters is 1. The first-order chi connectivity index (χ1) is 13.5. The van der Waals surface area contributed by atoms with Crippen LogP contribution in [-0.2, 0) is 9.53 Å². The lowest BCUT2D eigenvalue weighted by Crippen LogP contribution is -2.49. The van der Waals surface area contributed by atoms with Crippen LogP contribution < -0.4 is 20.9 Å². The van der Waals surface area contributed by atoms with Gasteiger partial charge in [-0.3, -0.25) is 25.8 Å². The molecular weight excluding hydrogens is 382 g/mol. The Morgan fingerprint density at radius 2 is 1.61 bits per heavy atom. The third-order valence-electron chi connectivity index (χ3n) is 3.31. The summed E-state index contributed by atoms with van der Waals surface area (Å²) in [5.41, 5.74) is 5.55.